The second kappa shape index (κ2) is 61.7. The van der Waals surface area contributed by atoms with Gasteiger partial charge in [-0.1, -0.05) is 285 Å². The molecule has 0 spiro atoms. The number of phosphoric ester groups is 1. The first-order valence-electron chi connectivity index (χ1n) is 33.8. The van der Waals surface area contributed by atoms with Crippen molar-refractivity contribution in [1.82, 2.24) is 0 Å². The van der Waals surface area contributed by atoms with Crippen LogP contribution in [0.2, 0.25) is 0 Å². The highest BCUT2D eigenvalue weighted by Crippen LogP contribution is 2.43. The van der Waals surface area contributed by atoms with Crippen LogP contribution in [0.1, 0.15) is 303 Å². The van der Waals surface area contributed by atoms with Crippen LogP contribution in [0.3, 0.4) is 0 Å². The Bertz CT molecular complexity index is 1640. The van der Waals surface area contributed by atoms with Crippen LogP contribution in [-0.2, 0) is 32.7 Å². The van der Waals surface area contributed by atoms with E-state index in [4.69, 9.17) is 18.5 Å². The third-order valence-electron chi connectivity index (χ3n) is 14.7. The maximum atomic E-state index is 12.8. The molecule has 0 aliphatic heterocycles. The fourth-order valence-corrected chi connectivity index (χ4v) is 10.2. The summed E-state index contributed by atoms with van der Waals surface area (Å²) in [5, 5.41) is 0. The summed E-state index contributed by atoms with van der Waals surface area (Å²) in [5.74, 6) is -0.803. The number of quaternary nitrogens is 1. The number of esters is 2. The predicted molar refractivity (Wildman–Crippen MR) is 349 cm³/mol. The predicted octanol–water partition coefficient (Wildman–Crippen LogP) is 21.8. The molecule has 0 aromatic heterocycles. The van der Waals surface area contributed by atoms with Gasteiger partial charge in [-0.3, -0.25) is 18.6 Å². The van der Waals surface area contributed by atoms with Crippen LogP contribution in [0.15, 0.2) is 85.1 Å². The highest BCUT2D eigenvalue weighted by molar-refractivity contribution is 7.47. The monoisotopic (exact) mass is 1150 g/mol. The van der Waals surface area contributed by atoms with Crippen LogP contribution in [0.25, 0.3) is 0 Å². The molecule has 0 saturated carbocycles. The number of carbonyl (C=O) groups excluding carboxylic acids is 2. The highest BCUT2D eigenvalue weighted by Gasteiger charge is 2.27. The van der Waals surface area contributed by atoms with Crippen molar-refractivity contribution >= 4 is 19.8 Å². The smallest absolute Gasteiger partial charge is 0.462 e. The zero-order valence-corrected chi connectivity index (χ0v) is 54.4. The molecule has 0 bridgehead atoms. The molecule has 0 aliphatic rings. The number of nitrogens with zero attached hydrogens (tertiary/aromatic N) is 1. The fourth-order valence-electron chi connectivity index (χ4n) is 9.49. The van der Waals surface area contributed by atoms with Gasteiger partial charge in [-0.25, -0.2) is 4.57 Å². The Morgan fingerprint density at radius 3 is 1.05 bits per heavy atom. The molecule has 0 amide bonds. The van der Waals surface area contributed by atoms with Crippen LogP contribution in [-0.4, -0.2) is 74.9 Å². The first-order valence-corrected chi connectivity index (χ1v) is 35.3. The van der Waals surface area contributed by atoms with E-state index in [2.05, 4.69) is 98.9 Å². The fraction of sp³-hybridized carbons (Fsp3) is 0.775. The van der Waals surface area contributed by atoms with Gasteiger partial charge < -0.3 is 18.9 Å². The van der Waals surface area contributed by atoms with Gasteiger partial charge in [0.25, 0.3) is 0 Å². The van der Waals surface area contributed by atoms with Crippen molar-refractivity contribution in [2.75, 3.05) is 47.5 Å². The Balaban J connectivity index is 3.91. The van der Waals surface area contributed by atoms with Gasteiger partial charge in [-0.05, 0) is 89.9 Å². The lowest BCUT2D eigenvalue weighted by atomic mass is 10.0. The Morgan fingerprint density at radius 2 is 0.704 bits per heavy atom. The number of hydrogen-bond acceptors (Lipinski definition) is 7. The van der Waals surface area contributed by atoms with Crippen molar-refractivity contribution in [2.45, 2.75) is 309 Å². The van der Waals surface area contributed by atoms with E-state index in [1.165, 1.54) is 180 Å². The molecule has 81 heavy (non-hydrogen) atoms. The zero-order chi connectivity index (χ0) is 59.1. The molecular weight excluding hydrogens is 1030 g/mol. The molecule has 0 aromatic rings. The molecule has 1 N–H and O–H groups in total. The van der Waals surface area contributed by atoms with Gasteiger partial charge in [0.05, 0.1) is 27.7 Å². The summed E-state index contributed by atoms with van der Waals surface area (Å²) in [4.78, 5) is 35.7. The number of carbonyl (C=O) groups is 2. The van der Waals surface area contributed by atoms with Crippen LogP contribution < -0.4 is 0 Å². The average Bonchev–Trinajstić information content (AvgIpc) is 3.43. The molecule has 2 atom stereocenters. The third-order valence-corrected chi connectivity index (χ3v) is 15.6. The van der Waals surface area contributed by atoms with Gasteiger partial charge in [-0.15, -0.1) is 0 Å². The van der Waals surface area contributed by atoms with Crippen molar-refractivity contribution in [1.29, 1.82) is 0 Å². The summed E-state index contributed by atoms with van der Waals surface area (Å²) in [7, 11) is 1.48. The van der Waals surface area contributed by atoms with E-state index >= 15 is 0 Å². The van der Waals surface area contributed by atoms with Crippen LogP contribution >= 0.6 is 7.82 Å². The standard InChI is InChI=1S/C71H128NO8P/c1-6-8-10-12-14-16-18-20-22-24-25-26-27-28-29-30-31-32-33-34-35-36-37-38-39-40-41-42-43-44-45-46-47-48-50-52-54-56-58-60-62-64-71(74)80-69(68-79-81(75,76)78-66-65-72(3,4)5)67-77-70(73)63-61-59-57-55-53-51-49-23-21-19-17-15-13-11-9-7-2/h8,10,14,16-17,19-20,22-23,25-26,28-29,49,69H,6-7,9,11-13,15,18,21,24,27,30-48,50-68H2,1-5H3/p+1/b10-8-,16-14-,19-17-,22-20-,26-25-,29-28-,49-23-. The molecule has 0 fully saturated rings. The Hall–Kier alpha value is -2.81. The summed E-state index contributed by atoms with van der Waals surface area (Å²) in [6.45, 7) is 4.31. The molecule has 2 unspecified atom stereocenters. The molecule has 0 rings (SSSR count). The van der Waals surface area contributed by atoms with E-state index < -0.39 is 26.5 Å². The van der Waals surface area contributed by atoms with E-state index in [1.807, 2.05) is 21.1 Å². The molecule has 470 valence electrons. The Kier molecular flexibility index (Phi) is 59.6. The zero-order valence-electron chi connectivity index (χ0n) is 53.5. The van der Waals surface area contributed by atoms with Gasteiger partial charge in [0, 0.05) is 12.8 Å². The minimum Gasteiger partial charge on any atom is -0.462 e. The number of phosphoric acid groups is 1. The molecule has 0 aromatic carbocycles. The van der Waals surface area contributed by atoms with Crippen LogP contribution in [0, 0.1) is 0 Å². The lowest BCUT2D eigenvalue weighted by molar-refractivity contribution is -0.870. The minimum absolute atomic E-state index is 0.0290. The van der Waals surface area contributed by atoms with Gasteiger partial charge >= 0.3 is 19.8 Å². The average molecular weight is 1160 g/mol. The second-order valence-electron chi connectivity index (χ2n) is 23.8. The van der Waals surface area contributed by atoms with E-state index in [-0.39, 0.29) is 32.0 Å². The Morgan fingerprint density at radius 1 is 0.395 bits per heavy atom. The van der Waals surface area contributed by atoms with Crippen molar-refractivity contribution in [2.24, 2.45) is 0 Å². The second-order valence-corrected chi connectivity index (χ2v) is 25.3. The first kappa shape index (κ1) is 78.2. The van der Waals surface area contributed by atoms with E-state index in [0.29, 0.717) is 17.4 Å². The maximum Gasteiger partial charge on any atom is 0.472 e. The lowest BCUT2D eigenvalue weighted by Gasteiger charge is -2.24. The van der Waals surface area contributed by atoms with Crippen molar-refractivity contribution < 1.29 is 42.1 Å². The van der Waals surface area contributed by atoms with Crippen LogP contribution in [0.4, 0.5) is 0 Å². The van der Waals surface area contributed by atoms with Gasteiger partial charge in [-0.2, -0.15) is 0 Å². The normalized spacial score (nSPS) is 13.7. The topological polar surface area (TPSA) is 108 Å². The number of ether oxygens (including phenoxy) is 2. The SMILES string of the molecule is CC/C=C\C/C=C\C/C=C\C/C=C\C/C=C\CCCCCCCCCCCCCCCCCCCCCCCCCCCC(=O)OC(COC(=O)CCCCCCC/C=C\C/C=C\CCCCCC)COP(=O)(O)OCC[N+](C)(C)C. The number of unbranched alkanes of at least 4 members (excludes halogenated alkanes) is 34. The number of rotatable bonds is 62. The third kappa shape index (κ3) is 66.2. The van der Waals surface area contributed by atoms with E-state index in [1.54, 1.807) is 0 Å². The summed E-state index contributed by atoms with van der Waals surface area (Å²) < 4.78 is 34.6. The number of hydrogen-bond donors (Lipinski definition) is 1. The first-order chi connectivity index (χ1) is 39.5. The van der Waals surface area contributed by atoms with Gasteiger partial charge in [0.2, 0.25) is 0 Å². The van der Waals surface area contributed by atoms with Crippen molar-refractivity contribution in [3.63, 3.8) is 0 Å². The van der Waals surface area contributed by atoms with Gasteiger partial charge in [0.15, 0.2) is 6.10 Å². The number of likely N-dealkylation sites (N-methyl/N-ethyl adjacent to an activating group) is 1. The van der Waals surface area contributed by atoms with Crippen LogP contribution in [0.5, 0.6) is 0 Å². The Labute approximate surface area is 501 Å². The number of allylic oxidation sites excluding steroid dienone is 14. The molecule has 0 aliphatic carbocycles. The molecule has 10 heteroatoms. The lowest BCUT2D eigenvalue weighted by Crippen LogP contribution is -2.37. The minimum atomic E-state index is -4.39. The van der Waals surface area contributed by atoms with E-state index in [9.17, 15) is 19.0 Å². The molecule has 0 saturated heterocycles. The summed E-state index contributed by atoms with van der Waals surface area (Å²) >= 11 is 0. The quantitative estimate of drug-likeness (QED) is 0.0211. The van der Waals surface area contributed by atoms with E-state index in [0.717, 1.165) is 89.9 Å². The summed E-state index contributed by atoms with van der Waals surface area (Å²) in [6, 6.07) is 0. The summed E-state index contributed by atoms with van der Waals surface area (Å²) in [6.07, 6.45) is 84.1. The maximum absolute atomic E-state index is 12.8. The molecule has 9 nitrogen and oxygen atoms in total. The van der Waals surface area contributed by atoms with Crippen molar-refractivity contribution in [3.05, 3.63) is 85.1 Å². The molecular formula is C71H129NO8P+. The molecule has 0 heterocycles. The summed E-state index contributed by atoms with van der Waals surface area (Å²) in [5.41, 5.74) is 0. The largest absolute Gasteiger partial charge is 0.472 e. The van der Waals surface area contributed by atoms with Crippen molar-refractivity contribution in [3.8, 4) is 0 Å². The van der Waals surface area contributed by atoms with Gasteiger partial charge in [0.1, 0.15) is 19.8 Å². The molecule has 0 radical (unpaired) electrons. The highest BCUT2D eigenvalue weighted by atomic mass is 31.2.